The SMILES string of the molecule is O=C(O)C(Cc1ccc(OC(=O)N2CCCC2)cc1)NS(=O)(=O)c1ccccc1. The topological polar surface area (TPSA) is 113 Å². The molecule has 0 aliphatic carbocycles. The standard InChI is InChI=1S/C20H22N2O6S/c23-19(24)18(21-29(26,27)17-6-2-1-3-7-17)14-15-8-10-16(11-9-15)28-20(25)22-12-4-5-13-22/h1-3,6-11,18,21H,4-5,12-14H2,(H,23,24). The van der Waals surface area contributed by atoms with Crippen molar-refractivity contribution in [1.82, 2.24) is 9.62 Å². The summed E-state index contributed by atoms with van der Waals surface area (Å²) in [6.07, 6.45) is 1.46. The van der Waals surface area contributed by atoms with E-state index in [1.807, 2.05) is 0 Å². The molecule has 0 aromatic heterocycles. The number of benzene rings is 2. The van der Waals surface area contributed by atoms with Crippen molar-refractivity contribution in [3.8, 4) is 5.75 Å². The van der Waals surface area contributed by atoms with Gasteiger partial charge in [0.15, 0.2) is 0 Å². The summed E-state index contributed by atoms with van der Waals surface area (Å²) in [5.74, 6) is -0.934. The minimum atomic E-state index is -3.96. The monoisotopic (exact) mass is 418 g/mol. The minimum absolute atomic E-state index is 0.00424. The average Bonchev–Trinajstić information content (AvgIpc) is 3.24. The van der Waals surface area contributed by atoms with Gasteiger partial charge in [-0.3, -0.25) is 4.79 Å². The third-order valence-electron chi connectivity index (χ3n) is 4.58. The molecule has 3 rings (SSSR count). The zero-order valence-electron chi connectivity index (χ0n) is 15.7. The first-order valence-electron chi connectivity index (χ1n) is 9.21. The van der Waals surface area contributed by atoms with Gasteiger partial charge < -0.3 is 14.7 Å². The fourth-order valence-corrected chi connectivity index (χ4v) is 4.24. The molecule has 0 radical (unpaired) electrons. The number of rotatable bonds is 7. The fraction of sp³-hybridized carbons (Fsp3) is 0.300. The Labute approximate surface area is 169 Å². The molecule has 2 N–H and O–H groups in total. The highest BCUT2D eigenvalue weighted by molar-refractivity contribution is 7.89. The molecule has 0 bridgehead atoms. The smallest absolute Gasteiger partial charge is 0.415 e. The number of amides is 1. The molecule has 1 atom stereocenters. The van der Waals surface area contributed by atoms with Gasteiger partial charge in [0.1, 0.15) is 11.8 Å². The number of aliphatic carboxylic acids is 1. The Morgan fingerprint density at radius 2 is 1.66 bits per heavy atom. The maximum atomic E-state index is 12.4. The zero-order chi connectivity index (χ0) is 20.9. The van der Waals surface area contributed by atoms with Crippen LogP contribution in [0.3, 0.4) is 0 Å². The van der Waals surface area contributed by atoms with E-state index in [1.165, 1.54) is 12.1 Å². The molecule has 0 spiro atoms. The first kappa shape index (κ1) is 20.8. The first-order valence-corrected chi connectivity index (χ1v) is 10.7. The normalized spacial score (nSPS) is 15.1. The van der Waals surface area contributed by atoms with Gasteiger partial charge in [0.05, 0.1) is 4.90 Å². The Bertz CT molecular complexity index is 954. The van der Waals surface area contributed by atoms with Crippen LogP contribution in [0.2, 0.25) is 0 Å². The summed E-state index contributed by atoms with van der Waals surface area (Å²) in [6.45, 7) is 1.36. The summed E-state index contributed by atoms with van der Waals surface area (Å²) in [4.78, 5) is 25.2. The first-order chi connectivity index (χ1) is 13.8. The third kappa shape index (κ3) is 5.55. The van der Waals surface area contributed by atoms with Crippen LogP contribution in [0, 0.1) is 0 Å². The Morgan fingerprint density at radius 3 is 2.24 bits per heavy atom. The van der Waals surface area contributed by atoms with E-state index in [0.29, 0.717) is 24.4 Å². The van der Waals surface area contributed by atoms with Crippen molar-refractivity contribution < 1.29 is 27.9 Å². The van der Waals surface area contributed by atoms with Crippen LogP contribution < -0.4 is 9.46 Å². The van der Waals surface area contributed by atoms with Gasteiger partial charge in [0.25, 0.3) is 0 Å². The van der Waals surface area contributed by atoms with Crippen molar-refractivity contribution in [3.05, 3.63) is 60.2 Å². The number of ether oxygens (including phenoxy) is 1. The van der Waals surface area contributed by atoms with Crippen molar-refractivity contribution in [2.24, 2.45) is 0 Å². The molecule has 2 aromatic rings. The van der Waals surface area contributed by atoms with E-state index in [4.69, 9.17) is 4.74 Å². The number of hydrogen-bond donors (Lipinski definition) is 2. The lowest BCUT2D eigenvalue weighted by molar-refractivity contribution is -0.138. The lowest BCUT2D eigenvalue weighted by Crippen LogP contribution is -2.42. The number of nitrogens with zero attached hydrogens (tertiary/aromatic N) is 1. The van der Waals surface area contributed by atoms with Gasteiger partial charge in [-0.25, -0.2) is 13.2 Å². The summed E-state index contributed by atoms with van der Waals surface area (Å²) in [6, 6.07) is 12.6. The van der Waals surface area contributed by atoms with Crippen molar-refractivity contribution in [1.29, 1.82) is 0 Å². The van der Waals surface area contributed by atoms with Crippen LogP contribution in [0.4, 0.5) is 4.79 Å². The highest BCUT2D eigenvalue weighted by Crippen LogP contribution is 2.17. The number of carboxylic acid groups (broad SMARTS) is 1. The van der Waals surface area contributed by atoms with Crippen molar-refractivity contribution in [2.45, 2.75) is 30.2 Å². The summed E-state index contributed by atoms with van der Waals surface area (Å²) < 4.78 is 32.3. The number of carboxylic acids is 1. The molecule has 8 nitrogen and oxygen atoms in total. The van der Waals surface area contributed by atoms with E-state index in [0.717, 1.165) is 12.8 Å². The van der Waals surface area contributed by atoms with Crippen LogP contribution in [0.1, 0.15) is 18.4 Å². The molecule has 154 valence electrons. The van der Waals surface area contributed by atoms with Crippen molar-refractivity contribution in [3.63, 3.8) is 0 Å². The van der Waals surface area contributed by atoms with Crippen molar-refractivity contribution in [2.75, 3.05) is 13.1 Å². The molecular weight excluding hydrogens is 396 g/mol. The Balaban J connectivity index is 1.64. The quantitative estimate of drug-likeness (QED) is 0.713. The van der Waals surface area contributed by atoms with E-state index in [1.54, 1.807) is 47.4 Å². The number of carbonyl (C=O) groups is 2. The van der Waals surface area contributed by atoms with E-state index in [-0.39, 0.29) is 11.3 Å². The maximum absolute atomic E-state index is 12.4. The maximum Gasteiger partial charge on any atom is 0.415 e. The Morgan fingerprint density at radius 1 is 1.03 bits per heavy atom. The molecule has 1 amide bonds. The summed E-state index contributed by atoms with van der Waals surface area (Å²) in [7, 11) is -3.96. The molecule has 1 aliphatic heterocycles. The van der Waals surface area contributed by atoms with Crippen LogP contribution in [0.15, 0.2) is 59.5 Å². The third-order valence-corrected chi connectivity index (χ3v) is 6.07. The molecule has 1 heterocycles. The second kappa shape index (κ2) is 9.06. The van der Waals surface area contributed by atoms with Gasteiger partial charge in [0, 0.05) is 13.1 Å². The fourth-order valence-electron chi connectivity index (χ4n) is 3.03. The van der Waals surface area contributed by atoms with Gasteiger partial charge in [-0.1, -0.05) is 30.3 Å². The average molecular weight is 418 g/mol. The van der Waals surface area contributed by atoms with Gasteiger partial charge >= 0.3 is 12.1 Å². The van der Waals surface area contributed by atoms with Gasteiger partial charge in [-0.2, -0.15) is 4.72 Å². The Hall–Kier alpha value is -2.91. The number of sulfonamides is 1. The highest BCUT2D eigenvalue weighted by Gasteiger charge is 2.26. The number of nitrogens with one attached hydrogen (secondary N) is 1. The van der Waals surface area contributed by atoms with E-state index < -0.39 is 28.1 Å². The van der Waals surface area contributed by atoms with Crippen molar-refractivity contribution >= 4 is 22.1 Å². The largest absolute Gasteiger partial charge is 0.480 e. The van der Waals surface area contributed by atoms with Crippen LogP contribution in [-0.2, 0) is 21.2 Å². The van der Waals surface area contributed by atoms with Gasteiger partial charge in [0.2, 0.25) is 10.0 Å². The molecule has 9 heteroatoms. The second-order valence-corrected chi connectivity index (χ2v) is 8.45. The van der Waals surface area contributed by atoms with Crippen LogP contribution in [-0.4, -0.2) is 49.6 Å². The molecule has 1 fully saturated rings. The molecule has 1 unspecified atom stereocenters. The molecule has 1 saturated heterocycles. The number of likely N-dealkylation sites (tertiary alicyclic amines) is 1. The minimum Gasteiger partial charge on any atom is -0.480 e. The van der Waals surface area contributed by atoms with Crippen LogP contribution >= 0.6 is 0 Å². The molecule has 0 saturated carbocycles. The van der Waals surface area contributed by atoms with E-state index in [9.17, 15) is 23.1 Å². The van der Waals surface area contributed by atoms with Gasteiger partial charge in [-0.15, -0.1) is 0 Å². The molecule has 1 aliphatic rings. The summed E-state index contributed by atoms with van der Waals surface area (Å²) in [5.41, 5.74) is 0.592. The molecule has 2 aromatic carbocycles. The predicted molar refractivity (Wildman–Crippen MR) is 105 cm³/mol. The van der Waals surface area contributed by atoms with Gasteiger partial charge in [-0.05, 0) is 49.1 Å². The van der Waals surface area contributed by atoms with Crippen LogP contribution in [0.25, 0.3) is 0 Å². The second-order valence-electron chi connectivity index (χ2n) is 6.74. The summed E-state index contributed by atoms with van der Waals surface area (Å²) in [5, 5.41) is 9.44. The van der Waals surface area contributed by atoms with E-state index >= 15 is 0 Å². The molecule has 29 heavy (non-hydrogen) atoms. The zero-order valence-corrected chi connectivity index (χ0v) is 16.5. The lowest BCUT2D eigenvalue weighted by atomic mass is 10.1. The van der Waals surface area contributed by atoms with E-state index in [2.05, 4.69) is 4.72 Å². The lowest BCUT2D eigenvalue weighted by Gasteiger charge is -2.16. The molecular formula is C20H22N2O6S. The highest BCUT2D eigenvalue weighted by atomic mass is 32.2. The van der Waals surface area contributed by atoms with Crippen LogP contribution in [0.5, 0.6) is 5.75 Å². The Kier molecular flexibility index (Phi) is 6.50. The summed E-state index contributed by atoms with van der Waals surface area (Å²) >= 11 is 0. The predicted octanol–water partition coefficient (Wildman–Crippen LogP) is 2.26. The number of carbonyl (C=O) groups excluding carboxylic acids is 1. The number of hydrogen-bond acceptors (Lipinski definition) is 5.